The van der Waals surface area contributed by atoms with E-state index in [9.17, 15) is 0 Å². The highest BCUT2D eigenvalue weighted by Crippen LogP contribution is 2.16. The van der Waals surface area contributed by atoms with Crippen LogP contribution in [0.4, 0.5) is 0 Å². The molecule has 86 valence electrons. The molecule has 0 aromatic heterocycles. The molecule has 0 amide bonds. The molecule has 2 rings (SSSR count). The van der Waals surface area contributed by atoms with Gasteiger partial charge in [0.15, 0.2) is 0 Å². The summed E-state index contributed by atoms with van der Waals surface area (Å²) in [5.41, 5.74) is 0. The van der Waals surface area contributed by atoms with E-state index in [0.717, 1.165) is 12.0 Å². The van der Waals surface area contributed by atoms with E-state index in [2.05, 4.69) is 29.4 Å². The first-order chi connectivity index (χ1) is 7.34. The Morgan fingerprint density at radius 1 is 1.33 bits per heavy atom. The van der Waals surface area contributed by atoms with Crippen LogP contribution in [0, 0.1) is 5.92 Å². The minimum Gasteiger partial charge on any atom is -0.313 e. The average molecular weight is 208 g/mol. The van der Waals surface area contributed by atoms with Crippen LogP contribution in [-0.4, -0.2) is 37.6 Å². The standard InChI is InChI=1S/C13H24N2/c1-15-9-5-6-12(11-15)10-14-13-7-3-2-4-8-13/h2-3,12-14H,4-11H2,1H3. The summed E-state index contributed by atoms with van der Waals surface area (Å²) in [6.07, 6.45) is 11.3. The summed E-state index contributed by atoms with van der Waals surface area (Å²) < 4.78 is 0. The molecule has 1 N–H and O–H groups in total. The summed E-state index contributed by atoms with van der Waals surface area (Å²) in [5, 5.41) is 3.73. The highest BCUT2D eigenvalue weighted by molar-refractivity contribution is 4.93. The Balaban J connectivity index is 1.66. The Morgan fingerprint density at radius 2 is 2.27 bits per heavy atom. The van der Waals surface area contributed by atoms with Crippen LogP contribution in [0.5, 0.6) is 0 Å². The molecule has 0 spiro atoms. The Labute approximate surface area is 93.7 Å². The summed E-state index contributed by atoms with van der Waals surface area (Å²) in [6, 6.07) is 0.752. The van der Waals surface area contributed by atoms with Crippen LogP contribution >= 0.6 is 0 Å². The Bertz CT molecular complexity index is 213. The van der Waals surface area contributed by atoms with Gasteiger partial charge in [0.2, 0.25) is 0 Å². The van der Waals surface area contributed by atoms with Crippen molar-refractivity contribution >= 4 is 0 Å². The molecular weight excluding hydrogens is 184 g/mol. The van der Waals surface area contributed by atoms with Gasteiger partial charge in [0.1, 0.15) is 0 Å². The molecule has 0 aromatic carbocycles. The molecule has 2 unspecified atom stereocenters. The Kier molecular flexibility index (Phi) is 4.21. The van der Waals surface area contributed by atoms with Crippen molar-refractivity contribution in [3.05, 3.63) is 12.2 Å². The van der Waals surface area contributed by atoms with E-state index in [1.807, 2.05) is 0 Å². The van der Waals surface area contributed by atoms with Gasteiger partial charge in [-0.3, -0.25) is 0 Å². The number of allylic oxidation sites excluding steroid dienone is 1. The molecule has 0 bridgehead atoms. The number of nitrogens with zero attached hydrogens (tertiary/aromatic N) is 1. The van der Waals surface area contributed by atoms with Crippen molar-refractivity contribution in [1.29, 1.82) is 0 Å². The number of rotatable bonds is 3. The van der Waals surface area contributed by atoms with Crippen molar-refractivity contribution in [3.63, 3.8) is 0 Å². The van der Waals surface area contributed by atoms with Gasteiger partial charge in [-0.2, -0.15) is 0 Å². The predicted molar refractivity (Wildman–Crippen MR) is 65.0 cm³/mol. The summed E-state index contributed by atoms with van der Waals surface area (Å²) >= 11 is 0. The third-order valence-electron chi connectivity index (χ3n) is 3.69. The molecular formula is C13H24N2. The van der Waals surface area contributed by atoms with Crippen molar-refractivity contribution in [2.24, 2.45) is 5.92 Å². The minimum atomic E-state index is 0.752. The third kappa shape index (κ3) is 3.62. The minimum absolute atomic E-state index is 0.752. The normalized spacial score (nSPS) is 33.1. The topological polar surface area (TPSA) is 15.3 Å². The average Bonchev–Trinajstić information content (AvgIpc) is 2.28. The molecule has 2 heteroatoms. The molecule has 0 aromatic rings. The molecule has 0 saturated carbocycles. The van der Waals surface area contributed by atoms with Gasteiger partial charge in [-0.25, -0.2) is 0 Å². The number of piperidine rings is 1. The monoisotopic (exact) mass is 208 g/mol. The van der Waals surface area contributed by atoms with Gasteiger partial charge >= 0.3 is 0 Å². The van der Waals surface area contributed by atoms with Gasteiger partial charge < -0.3 is 10.2 Å². The Hall–Kier alpha value is -0.340. The van der Waals surface area contributed by atoms with E-state index in [0.29, 0.717) is 0 Å². The van der Waals surface area contributed by atoms with E-state index >= 15 is 0 Å². The highest BCUT2D eigenvalue weighted by Gasteiger charge is 2.18. The SMILES string of the molecule is CN1CCCC(CNC2CC=CCC2)C1. The first-order valence-corrected chi connectivity index (χ1v) is 6.41. The molecule has 2 nitrogen and oxygen atoms in total. The first kappa shape index (κ1) is 11.2. The number of likely N-dealkylation sites (tertiary alicyclic amines) is 1. The molecule has 1 aliphatic carbocycles. The van der Waals surface area contributed by atoms with Gasteiger partial charge in [-0.15, -0.1) is 0 Å². The molecule has 2 atom stereocenters. The molecule has 0 radical (unpaired) electrons. The summed E-state index contributed by atoms with van der Waals surface area (Å²) in [5.74, 6) is 0.884. The van der Waals surface area contributed by atoms with Crippen molar-refractivity contribution in [2.45, 2.75) is 38.1 Å². The molecule has 2 aliphatic rings. The maximum Gasteiger partial charge on any atom is 0.0105 e. The lowest BCUT2D eigenvalue weighted by atomic mass is 9.96. The van der Waals surface area contributed by atoms with Gasteiger partial charge in [-0.05, 0) is 58.2 Å². The van der Waals surface area contributed by atoms with Crippen LogP contribution in [0.1, 0.15) is 32.1 Å². The van der Waals surface area contributed by atoms with E-state index in [1.54, 1.807) is 0 Å². The lowest BCUT2D eigenvalue weighted by Crippen LogP contribution is -2.40. The van der Waals surface area contributed by atoms with Gasteiger partial charge in [0, 0.05) is 12.6 Å². The second kappa shape index (κ2) is 5.66. The molecule has 1 saturated heterocycles. The van der Waals surface area contributed by atoms with E-state index < -0.39 is 0 Å². The van der Waals surface area contributed by atoms with Crippen LogP contribution in [0.25, 0.3) is 0 Å². The lowest BCUT2D eigenvalue weighted by molar-refractivity contribution is 0.202. The smallest absolute Gasteiger partial charge is 0.0105 e. The van der Waals surface area contributed by atoms with Crippen LogP contribution in [-0.2, 0) is 0 Å². The summed E-state index contributed by atoms with van der Waals surface area (Å²) in [4.78, 5) is 2.47. The zero-order chi connectivity index (χ0) is 10.5. The molecule has 1 aliphatic heterocycles. The first-order valence-electron chi connectivity index (χ1n) is 6.41. The number of hydrogen-bond acceptors (Lipinski definition) is 2. The summed E-state index contributed by atoms with van der Waals surface area (Å²) in [6.45, 7) is 3.81. The van der Waals surface area contributed by atoms with Gasteiger partial charge in [-0.1, -0.05) is 12.2 Å². The second-order valence-corrected chi connectivity index (χ2v) is 5.16. The van der Waals surface area contributed by atoms with E-state index in [-0.39, 0.29) is 0 Å². The molecule has 15 heavy (non-hydrogen) atoms. The van der Waals surface area contributed by atoms with E-state index in [4.69, 9.17) is 0 Å². The van der Waals surface area contributed by atoms with Crippen LogP contribution in [0.2, 0.25) is 0 Å². The molecule has 1 heterocycles. The van der Waals surface area contributed by atoms with Crippen LogP contribution in [0.15, 0.2) is 12.2 Å². The summed E-state index contributed by atoms with van der Waals surface area (Å²) in [7, 11) is 2.25. The maximum absolute atomic E-state index is 3.73. The second-order valence-electron chi connectivity index (χ2n) is 5.16. The predicted octanol–water partition coefficient (Wildman–Crippen LogP) is 2.03. The van der Waals surface area contributed by atoms with Crippen molar-refractivity contribution < 1.29 is 0 Å². The van der Waals surface area contributed by atoms with Crippen molar-refractivity contribution in [3.8, 4) is 0 Å². The lowest BCUT2D eigenvalue weighted by Gasteiger charge is -2.31. The number of hydrogen-bond donors (Lipinski definition) is 1. The van der Waals surface area contributed by atoms with Crippen molar-refractivity contribution in [2.75, 3.05) is 26.7 Å². The zero-order valence-electron chi connectivity index (χ0n) is 9.91. The largest absolute Gasteiger partial charge is 0.313 e. The van der Waals surface area contributed by atoms with Gasteiger partial charge in [0.25, 0.3) is 0 Å². The highest BCUT2D eigenvalue weighted by atomic mass is 15.1. The van der Waals surface area contributed by atoms with Gasteiger partial charge in [0.05, 0.1) is 0 Å². The maximum atomic E-state index is 3.73. The zero-order valence-corrected chi connectivity index (χ0v) is 9.91. The quantitative estimate of drug-likeness (QED) is 0.714. The van der Waals surface area contributed by atoms with Crippen LogP contribution < -0.4 is 5.32 Å². The van der Waals surface area contributed by atoms with Crippen LogP contribution in [0.3, 0.4) is 0 Å². The van der Waals surface area contributed by atoms with Crippen molar-refractivity contribution in [1.82, 2.24) is 10.2 Å². The Morgan fingerprint density at radius 3 is 3.00 bits per heavy atom. The molecule has 1 fully saturated rings. The van der Waals surface area contributed by atoms with E-state index in [1.165, 1.54) is 51.7 Å². The fraction of sp³-hybridized carbons (Fsp3) is 0.846. The fourth-order valence-corrected chi connectivity index (χ4v) is 2.75. The fourth-order valence-electron chi connectivity index (χ4n) is 2.75. The third-order valence-corrected chi connectivity index (χ3v) is 3.69. The number of nitrogens with one attached hydrogen (secondary N) is 1.